The summed E-state index contributed by atoms with van der Waals surface area (Å²) in [6.45, 7) is 5.64. The lowest BCUT2D eigenvalue weighted by Crippen LogP contribution is -2.48. The summed E-state index contributed by atoms with van der Waals surface area (Å²) in [6.07, 6.45) is 9.96. The van der Waals surface area contributed by atoms with Crippen LogP contribution < -0.4 is 5.32 Å². The van der Waals surface area contributed by atoms with Crippen LogP contribution in [-0.2, 0) is 14.2 Å². The first-order valence-electron chi connectivity index (χ1n) is 8.92. The summed E-state index contributed by atoms with van der Waals surface area (Å²) in [5.74, 6) is 0.699. The summed E-state index contributed by atoms with van der Waals surface area (Å²) in [7, 11) is 0. The number of nitrogens with one attached hydrogen (secondary N) is 1. The van der Waals surface area contributed by atoms with E-state index in [9.17, 15) is 0 Å². The minimum atomic E-state index is -0.000740. The molecule has 2 heterocycles. The van der Waals surface area contributed by atoms with Crippen LogP contribution in [-0.4, -0.2) is 44.3 Å². The van der Waals surface area contributed by atoms with Gasteiger partial charge in [0, 0.05) is 19.1 Å². The van der Waals surface area contributed by atoms with Crippen LogP contribution in [0.15, 0.2) is 0 Å². The first kappa shape index (κ1) is 15.7. The Morgan fingerprint density at radius 2 is 1.86 bits per heavy atom. The number of rotatable bonds is 5. The van der Waals surface area contributed by atoms with Crippen molar-refractivity contribution in [3.05, 3.63) is 0 Å². The molecule has 2 aliphatic heterocycles. The van der Waals surface area contributed by atoms with Crippen LogP contribution in [0, 0.1) is 5.92 Å². The predicted octanol–water partition coefficient (Wildman–Crippen LogP) is 2.86. The number of hydrogen-bond donors (Lipinski definition) is 1. The normalized spacial score (nSPS) is 31.6. The van der Waals surface area contributed by atoms with E-state index in [0.29, 0.717) is 12.0 Å². The molecule has 1 aliphatic carbocycles. The monoisotopic (exact) mass is 297 g/mol. The molecule has 0 amide bonds. The van der Waals surface area contributed by atoms with Gasteiger partial charge in [-0.25, -0.2) is 0 Å². The Kier molecular flexibility index (Phi) is 5.54. The van der Waals surface area contributed by atoms with Crippen LogP contribution in [0.25, 0.3) is 0 Å². The standard InChI is InChI=1S/C17H31NO3/c1-2-18-15(12-16-19-10-11-20-16)14-6-9-21-17(13-14)7-4-3-5-8-17/h14-16,18H,2-13H2,1H3. The fraction of sp³-hybridized carbons (Fsp3) is 1.00. The molecule has 0 bridgehead atoms. The van der Waals surface area contributed by atoms with Gasteiger partial charge in [-0.2, -0.15) is 0 Å². The maximum Gasteiger partial charge on any atom is 0.159 e. The molecule has 2 unspecified atom stereocenters. The molecule has 1 saturated carbocycles. The van der Waals surface area contributed by atoms with Crippen LogP contribution >= 0.6 is 0 Å². The van der Waals surface area contributed by atoms with Crippen molar-refractivity contribution in [2.75, 3.05) is 26.4 Å². The summed E-state index contributed by atoms with van der Waals surface area (Å²) in [4.78, 5) is 0. The second-order valence-electron chi connectivity index (χ2n) is 6.92. The van der Waals surface area contributed by atoms with Crippen molar-refractivity contribution in [2.24, 2.45) is 5.92 Å². The fourth-order valence-corrected chi connectivity index (χ4v) is 4.41. The molecule has 2 atom stereocenters. The van der Waals surface area contributed by atoms with Crippen LogP contribution in [0.2, 0.25) is 0 Å². The maximum absolute atomic E-state index is 6.24. The maximum atomic E-state index is 6.24. The summed E-state index contributed by atoms with van der Waals surface area (Å²) >= 11 is 0. The van der Waals surface area contributed by atoms with E-state index in [1.165, 1.54) is 44.9 Å². The SMILES string of the molecule is CCNC(CC1OCCO1)C1CCOC2(CCCCC2)C1. The number of hydrogen-bond acceptors (Lipinski definition) is 4. The Balaban J connectivity index is 1.60. The molecule has 122 valence electrons. The van der Waals surface area contributed by atoms with Crippen molar-refractivity contribution in [1.82, 2.24) is 5.32 Å². The summed E-state index contributed by atoms with van der Waals surface area (Å²) in [6, 6.07) is 0.501. The Morgan fingerprint density at radius 3 is 2.57 bits per heavy atom. The topological polar surface area (TPSA) is 39.7 Å². The fourth-order valence-electron chi connectivity index (χ4n) is 4.41. The average Bonchev–Trinajstić information content (AvgIpc) is 3.01. The van der Waals surface area contributed by atoms with E-state index in [1.54, 1.807) is 0 Å². The highest BCUT2D eigenvalue weighted by atomic mass is 16.7. The highest BCUT2D eigenvalue weighted by Crippen LogP contribution is 2.42. The quantitative estimate of drug-likeness (QED) is 0.847. The molecule has 0 aromatic heterocycles. The van der Waals surface area contributed by atoms with Gasteiger partial charge in [0.1, 0.15) is 0 Å². The van der Waals surface area contributed by atoms with Crippen molar-refractivity contribution < 1.29 is 14.2 Å². The minimum Gasteiger partial charge on any atom is -0.375 e. The van der Waals surface area contributed by atoms with E-state index in [-0.39, 0.29) is 11.9 Å². The molecule has 3 aliphatic rings. The van der Waals surface area contributed by atoms with Gasteiger partial charge in [-0.05, 0) is 38.1 Å². The zero-order valence-electron chi connectivity index (χ0n) is 13.4. The molecule has 0 radical (unpaired) electrons. The molecule has 0 aromatic carbocycles. The van der Waals surface area contributed by atoms with Gasteiger partial charge in [-0.1, -0.05) is 26.2 Å². The molecule has 21 heavy (non-hydrogen) atoms. The largest absolute Gasteiger partial charge is 0.375 e. The molecular weight excluding hydrogens is 266 g/mol. The zero-order valence-corrected chi connectivity index (χ0v) is 13.4. The van der Waals surface area contributed by atoms with Crippen molar-refractivity contribution in [1.29, 1.82) is 0 Å². The average molecular weight is 297 g/mol. The van der Waals surface area contributed by atoms with Gasteiger partial charge in [0.25, 0.3) is 0 Å². The van der Waals surface area contributed by atoms with E-state index in [0.717, 1.165) is 32.8 Å². The van der Waals surface area contributed by atoms with Crippen molar-refractivity contribution in [3.63, 3.8) is 0 Å². The third-order valence-electron chi connectivity index (χ3n) is 5.47. The molecule has 0 aromatic rings. The molecule has 3 rings (SSSR count). The lowest BCUT2D eigenvalue weighted by Gasteiger charge is -2.46. The van der Waals surface area contributed by atoms with Crippen LogP contribution in [0.3, 0.4) is 0 Å². The Labute approximate surface area is 128 Å². The van der Waals surface area contributed by atoms with E-state index in [4.69, 9.17) is 14.2 Å². The molecule has 1 spiro atoms. The van der Waals surface area contributed by atoms with E-state index in [1.807, 2.05) is 0 Å². The van der Waals surface area contributed by atoms with E-state index < -0.39 is 0 Å². The van der Waals surface area contributed by atoms with Crippen LogP contribution in [0.4, 0.5) is 0 Å². The Bertz CT molecular complexity index is 306. The molecule has 4 nitrogen and oxygen atoms in total. The second kappa shape index (κ2) is 7.40. The van der Waals surface area contributed by atoms with E-state index in [2.05, 4.69) is 12.2 Å². The van der Waals surface area contributed by atoms with Crippen molar-refractivity contribution >= 4 is 0 Å². The molecular formula is C17H31NO3. The van der Waals surface area contributed by atoms with Gasteiger partial charge in [0.05, 0.1) is 18.8 Å². The predicted molar refractivity (Wildman–Crippen MR) is 82.3 cm³/mol. The summed E-state index contributed by atoms with van der Waals surface area (Å²) < 4.78 is 17.6. The lowest BCUT2D eigenvalue weighted by molar-refractivity contribution is -0.127. The van der Waals surface area contributed by atoms with Gasteiger partial charge in [-0.15, -0.1) is 0 Å². The van der Waals surface area contributed by atoms with Crippen LogP contribution in [0.1, 0.15) is 58.3 Å². The van der Waals surface area contributed by atoms with Gasteiger partial charge >= 0.3 is 0 Å². The minimum absolute atomic E-state index is 0.000740. The third kappa shape index (κ3) is 3.98. The van der Waals surface area contributed by atoms with Gasteiger partial charge < -0.3 is 19.5 Å². The Hall–Kier alpha value is -0.160. The molecule has 1 N–H and O–H groups in total. The third-order valence-corrected chi connectivity index (χ3v) is 5.47. The highest BCUT2D eigenvalue weighted by molar-refractivity contribution is 4.93. The van der Waals surface area contributed by atoms with Gasteiger partial charge in [-0.3, -0.25) is 0 Å². The van der Waals surface area contributed by atoms with E-state index >= 15 is 0 Å². The smallest absolute Gasteiger partial charge is 0.159 e. The Morgan fingerprint density at radius 1 is 1.10 bits per heavy atom. The molecule has 3 fully saturated rings. The summed E-state index contributed by atoms with van der Waals surface area (Å²) in [5.41, 5.74) is 0.187. The van der Waals surface area contributed by atoms with Gasteiger partial charge in [0.15, 0.2) is 6.29 Å². The first-order chi connectivity index (χ1) is 10.3. The van der Waals surface area contributed by atoms with Gasteiger partial charge in [0.2, 0.25) is 0 Å². The summed E-state index contributed by atoms with van der Waals surface area (Å²) in [5, 5.41) is 3.69. The number of ether oxygens (including phenoxy) is 3. The second-order valence-corrected chi connectivity index (χ2v) is 6.92. The van der Waals surface area contributed by atoms with Crippen molar-refractivity contribution in [2.45, 2.75) is 76.2 Å². The molecule has 4 heteroatoms. The first-order valence-corrected chi connectivity index (χ1v) is 8.92. The lowest BCUT2D eigenvalue weighted by atomic mass is 9.73. The zero-order chi connectivity index (χ0) is 14.5. The van der Waals surface area contributed by atoms with Crippen LogP contribution in [0.5, 0.6) is 0 Å². The molecule has 2 saturated heterocycles. The van der Waals surface area contributed by atoms with Crippen molar-refractivity contribution in [3.8, 4) is 0 Å². The highest BCUT2D eigenvalue weighted by Gasteiger charge is 2.41.